The maximum Gasteiger partial charge on any atom is 0.305 e. The molecule has 0 amide bonds. The first-order valence-electron chi connectivity index (χ1n) is 6.22. The van der Waals surface area contributed by atoms with Gasteiger partial charge < -0.3 is 9.47 Å². The van der Waals surface area contributed by atoms with Crippen molar-refractivity contribution >= 4 is 18.0 Å². The number of ether oxygens (including phenoxy) is 2. The quantitative estimate of drug-likeness (QED) is 0.614. The molecule has 0 saturated heterocycles. The Bertz CT molecular complexity index is 489. The summed E-state index contributed by atoms with van der Waals surface area (Å²) in [6, 6.07) is 5.82. The number of hydrogen-bond donors (Lipinski definition) is 0. The molecule has 0 aliphatic rings. The van der Waals surface area contributed by atoms with E-state index in [9.17, 15) is 14.0 Å². The molecule has 0 heterocycles. The van der Waals surface area contributed by atoms with Crippen molar-refractivity contribution in [2.24, 2.45) is 0 Å². The van der Waals surface area contributed by atoms with E-state index < -0.39 is 18.2 Å². The highest BCUT2D eigenvalue weighted by Crippen LogP contribution is 2.18. The number of halogens is 1. The Hall–Kier alpha value is -2.17. The molecule has 1 rings (SSSR count). The summed E-state index contributed by atoms with van der Waals surface area (Å²) in [6.07, 6.45) is 1.17. The maximum atomic E-state index is 12.8. The van der Waals surface area contributed by atoms with Crippen LogP contribution < -0.4 is 0 Å². The minimum Gasteiger partial charge on any atom is -0.421 e. The van der Waals surface area contributed by atoms with Crippen LogP contribution in [0.4, 0.5) is 4.39 Å². The number of carbonyl (C=O) groups is 2. The van der Waals surface area contributed by atoms with Crippen LogP contribution in [-0.4, -0.2) is 18.2 Å². The zero-order chi connectivity index (χ0) is 15.1. The van der Waals surface area contributed by atoms with Crippen LogP contribution in [-0.2, 0) is 19.1 Å². The van der Waals surface area contributed by atoms with Crippen molar-refractivity contribution in [2.45, 2.75) is 33.5 Å². The summed E-state index contributed by atoms with van der Waals surface area (Å²) in [5.41, 5.74) is 1.34. The van der Waals surface area contributed by atoms with Crippen molar-refractivity contribution in [3.8, 4) is 0 Å². The van der Waals surface area contributed by atoms with Gasteiger partial charge in [-0.25, -0.2) is 4.39 Å². The third kappa shape index (κ3) is 5.22. The van der Waals surface area contributed by atoms with Crippen LogP contribution in [0.2, 0.25) is 0 Å². The van der Waals surface area contributed by atoms with Gasteiger partial charge in [-0.15, -0.1) is 0 Å². The molecule has 0 spiro atoms. The fourth-order valence-corrected chi connectivity index (χ4v) is 1.59. The van der Waals surface area contributed by atoms with Gasteiger partial charge >= 0.3 is 11.9 Å². The molecule has 0 aliphatic carbocycles. The molecule has 0 fully saturated rings. The van der Waals surface area contributed by atoms with Crippen molar-refractivity contribution in [3.05, 3.63) is 41.2 Å². The van der Waals surface area contributed by atoms with Gasteiger partial charge in [0.05, 0.1) is 0 Å². The van der Waals surface area contributed by atoms with Gasteiger partial charge in [-0.2, -0.15) is 0 Å². The Labute approximate surface area is 117 Å². The molecule has 1 aromatic carbocycles. The lowest BCUT2D eigenvalue weighted by molar-refractivity contribution is -0.178. The van der Waals surface area contributed by atoms with Gasteiger partial charge in [-0.3, -0.25) is 9.59 Å². The second-order valence-electron chi connectivity index (χ2n) is 4.18. The Morgan fingerprint density at radius 1 is 1.15 bits per heavy atom. The summed E-state index contributed by atoms with van der Waals surface area (Å²) in [4.78, 5) is 22.1. The highest BCUT2D eigenvalue weighted by atomic mass is 19.1. The van der Waals surface area contributed by atoms with Crippen LogP contribution in [0, 0.1) is 5.82 Å². The Morgan fingerprint density at radius 3 is 2.05 bits per heavy atom. The Balaban J connectivity index is 3.01. The zero-order valence-electron chi connectivity index (χ0n) is 11.7. The number of benzene rings is 1. The number of carbonyl (C=O) groups excluding carboxylic acids is 2. The highest BCUT2D eigenvalue weighted by Gasteiger charge is 2.19. The summed E-state index contributed by atoms with van der Waals surface area (Å²) in [5.74, 6) is -1.43. The third-order valence-corrected chi connectivity index (χ3v) is 2.48. The number of esters is 2. The average Bonchev–Trinajstić information content (AvgIpc) is 2.36. The third-order valence-electron chi connectivity index (χ3n) is 2.48. The van der Waals surface area contributed by atoms with E-state index >= 15 is 0 Å². The highest BCUT2D eigenvalue weighted by molar-refractivity contribution is 5.69. The van der Waals surface area contributed by atoms with Gasteiger partial charge in [0, 0.05) is 19.4 Å². The molecule has 0 aromatic heterocycles. The van der Waals surface area contributed by atoms with Crippen LogP contribution in [0.25, 0.3) is 6.08 Å². The Morgan fingerprint density at radius 2 is 1.65 bits per heavy atom. The van der Waals surface area contributed by atoms with E-state index in [1.165, 1.54) is 26.0 Å². The summed E-state index contributed by atoms with van der Waals surface area (Å²) in [5, 5.41) is 0. The van der Waals surface area contributed by atoms with E-state index in [-0.39, 0.29) is 5.82 Å². The minimum absolute atomic E-state index is 0.336. The SMILES string of the molecule is CCC(=Cc1ccc(F)cc1)C(OC(C)=O)OC(C)=O. The molecule has 4 nitrogen and oxygen atoms in total. The molecular weight excluding hydrogens is 263 g/mol. The lowest BCUT2D eigenvalue weighted by Gasteiger charge is -2.19. The van der Waals surface area contributed by atoms with E-state index in [0.717, 1.165) is 5.56 Å². The van der Waals surface area contributed by atoms with Crippen molar-refractivity contribution in [1.29, 1.82) is 0 Å². The summed E-state index contributed by atoms with van der Waals surface area (Å²) < 4.78 is 22.8. The molecule has 0 atom stereocenters. The molecule has 20 heavy (non-hydrogen) atoms. The van der Waals surface area contributed by atoms with E-state index in [1.54, 1.807) is 18.2 Å². The van der Waals surface area contributed by atoms with E-state index in [2.05, 4.69) is 0 Å². The lowest BCUT2D eigenvalue weighted by atomic mass is 10.1. The maximum absolute atomic E-state index is 12.8. The largest absolute Gasteiger partial charge is 0.421 e. The average molecular weight is 280 g/mol. The monoisotopic (exact) mass is 280 g/mol. The van der Waals surface area contributed by atoms with Gasteiger partial charge in [0.15, 0.2) is 0 Å². The van der Waals surface area contributed by atoms with Gasteiger partial charge in [0.1, 0.15) is 5.82 Å². The number of hydrogen-bond acceptors (Lipinski definition) is 4. The van der Waals surface area contributed by atoms with Crippen molar-refractivity contribution < 1.29 is 23.5 Å². The van der Waals surface area contributed by atoms with Crippen molar-refractivity contribution in [2.75, 3.05) is 0 Å². The molecular formula is C15H17FO4. The molecule has 0 bridgehead atoms. The molecule has 0 radical (unpaired) electrons. The summed E-state index contributed by atoms with van der Waals surface area (Å²) >= 11 is 0. The van der Waals surface area contributed by atoms with Crippen molar-refractivity contribution in [1.82, 2.24) is 0 Å². The van der Waals surface area contributed by atoms with Gasteiger partial charge in [0.25, 0.3) is 6.29 Å². The first-order chi connectivity index (χ1) is 9.42. The Kier molecular flexibility index (Phi) is 5.90. The van der Waals surface area contributed by atoms with E-state index in [1.807, 2.05) is 6.92 Å². The summed E-state index contributed by atoms with van der Waals surface area (Å²) in [7, 11) is 0. The van der Waals surface area contributed by atoms with Gasteiger partial charge in [0.2, 0.25) is 0 Å². The lowest BCUT2D eigenvalue weighted by Crippen LogP contribution is -2.24. The van der Waals surface area contributed by atoms with Gasteiger partial charge in [-0.1, -0.05) is 19.1 Å². The number of rotatable bonds is 5. The molecule has 108 valence electrons. The zero-order valence-corrected chi connectivity index (χ0v) is 11.7. The molecule has 1 aromatic rings. The van der Waals surface area contributed by atoms with Gasteiger partial charge in [-0.05, 0) is 30.2 Å². The summed E-state index contributed by atoms with van der Waals surface area (Å²) in [6.45, 7) is 4.32. The molecule has 0 N–H and O–H groups in total. The van der Waals surface area contributed by atoms with Crippen LogP contribution in [0.1, 0.15) is 32.8 Å². The minimum atomic E-state index is -1.06. The predicted octanol–water partition coefficient (Wildman–Crippen LogP) is 3.07. The molecule has 0 aliphatic heterocycles. The smallest absolute Gasteiger partial charge is 0.305 e. The van der Waals surface area contributed by atoms with E-state index in [4.69, 9.17) is 9.47 Å². The predicted molar refractivity (Wildman–Crippen MR) is 72.0 cm³/mol. The van der Waals surface area contributed by atoms with Crippen LogP contribution in [0.5, 0.6) is 0 Å². The topological polar surface area (TPSA) is 52.6 Å². The molecule has 0 saturated carbocycles. The second-order valence-corrected chi connectivity index (χ2v) is 4.18. The normalized spacial score (nSPS) is 11.3. The first-order valence-corrected chi connectivity index (χ1v) is 6.22. The molecule has 0 unspecified atom stereocenters. The first kappa shape index (κ1) is 15.9. The van der Waals surface area contributed by atoms with Crippen LogP contribution >= 0.6 is 0 Å². The molecule has 5 heteroatoms. The second kappa shape index (κ2) is 7.43. The standard InChI is InChI=1S/C15H17FO4/c1-4-13(9-12-5-7-14(16)8-6-12)15(19-10(2)17)20-11(3)18/h5-9,15H,4H2,1-3H3. The fourth-order valence-electron chi connectivity index (χ4n) is 1.59. The fraction of sp³-hybridized carbons (Fsp3) is 0.333. The van der Waals surface area contributed by atoms with Crippen molar-refractivity contribution in [3.63, 3.8) is 0 Å². The van der Waals surface area contributed by atoms with E-state index in [0.29, 0.717) is 12.0 Å². The van der Waals surface area contributed by atoms with Crippen LogP contribution in [0.15, 0.2) is 29.8 Å². The van der Waals surface area contributed by atoms with Crippen LogP contribution in [0.3, 0.4) is 0 Å².